The molecule has 1 atom stereocenters. The van der Waals surface area contributed by atoms with Gasteiger partial charge >= 0.3 is 6.09 Å². The third-order valence-corrected chi connectivity index (χ3v) is 4.11. The maximum atomic E-state index is 14.2. The molecular formula is C17H20F4N4O2. The van der Waals surface area contributed by atoms with Gasteiger partial charge in [0.2, 0.25) is 5.95 Å². The van der Waals surface area contributed by atoms with E-state index in [0.29, 0.717) is 6.07 Å². The van der Waals surface area contributed by atoms with Crippen LogP contribution in [0.1, 0.15) is 27.2 Å². The summed E-state index contributed by atoms with van der Waals surface area (Å²) >= 11 is 0. The van der Waals surface area contributed by atoms with E-state index in [1.807, 2.05) is 0 Å². The third kappa shape index (κ3) is 4.25. The molecule has 2 aromatic rings. The Kier molecular flexibility index (Phi) is 4.69. The lowest BCUT2D eigenvalue weighted by atomic mass is 10.0. The maximum Gasteiger partial charge on any atom is 0.408 e. The number of H-pyrrole nitrogens is 1. The molecule has 27 heavy (non-hydrogen) atoms. The Morgan fingerprint density at radius 1 is 1.37 bits per heavy atom. The number of nitrogens with one attached hydrogen (secondary N) is 2. The summed E-state index contributed by atoms with van der Waals surface area (Å²) in [6, 6.07) is 0.254. The van der Waals surface area contributed by atoms with Gasteiger partial charge in [-0.25, -0.2) is 27.3 Å². The summed E-state index contributed by atoms with van der Waals surface area (Å²) in [5.74, 6) is -4.64. The number of aromatic amines is 1. The van der Waals surface area contributed by atoms with Gasteiger partial charge in [-0.3, -0.25) is 0 Å². The molecule has 1 aromatic heterocycles. The minimum atomic E-state index is -3.14. The van der Waals surface area contributed by atoms with Gasteiger partial charge in [-0.15, -0.1) is 0 Å². The van der Waals surface area contributed by atoms with Crippen molar-refractivity contribution in [3.63, 3.8) is 0 Å². The van der Waals surface area contributed by atoms with Gasteiger partial charge in [0.05, 0.1) is 5.52 Å². The van der Waals surface area contributed by atoms with E-state index in [9.17, 15) is 22.4 Å². The van der Waals surface area contributed by atoms with E-state index in [2.05, 4.69) is 15.3 Å². The minimum Gasteiger partial charge on any atom is -0.444 e. The first-order valence-corrected chi connectivity index (χ1v) is 8.42. The summed E-state index contributed by atoms with van der Waals surface area (Å²) in [5.41, 5.74) is -0.787. The molecule has 1 fully saturated rings. The number of alkyl halides is 2. The lowest BCUT2D eigenvalue weighted by Gasteiger charge is -2.38. The van der Waals surface area contributed by atoms with E-state index in [-0.39, 0.29) is 30.1 Å². The summed E-state index contributed by atoms with van der Waals surface area (Å²) in [5, 5.41) is 2.19. The average molecular weight is 388 g/mol. The molecule has 10 heteroatoms. The maximum absolute atomic E-state index is 14.2. The number of piperidine rings is 1. The lowest BCUT2D eigenvalue weighted by Crippen LogP contribution is -2.59. The molecule has 0 saturated carbocycles. The standard InChI is InChI=1S/C17H20F4N4O2/c1-16(2,3)27-15(26)23-12-8-25(5-4-17(12,20)21)14-22-11-7-9(18)6-10(19)13(11)24-14/h6-7,12H,4-5,8H2,1-3H3,(H,22,24)(H,23,26)/t12-/m1/s1. The van der Waals surface area contributed by atoms with E-state index in [1.165, 1.54) is 4.90 Å². The van der Waals surface area contributed by atoms with Gasteiger partial charge in [-0.1, -0.05) is 0 Å². The highest BCUT2D eigenvalue weighted by Gasteiger charge is 2.46. The van der Waals surface area contributed by atoms with E-state index < -0.39 is 41.7 Å². The number of anilines is 1. The number of halogens is 4. The predicted molar refractivity (Wildman–Crippen MR) is 90.9 cm³/mol. The second-order valence-corrected chi connectivity index (χ2v) is 7.50. The number of alkyl carbamates (subject to hydrolysis) is 1. The van der Waals surface area contributed by atoms with Crippen molar-refractivity contribution in [1.82, 2.24) is 15.3 Å². The van der Waals surface area contributed by atoms with Crippen LogP contribution < -0.4 is 10.2 Å². The van der Waals surface area contributed by atoms with Crippen molar-refractivity contribution in [1.29, 1.82) is 0 Å². The van der Waals surface area contributed by atoms with Crippen LogP contribution in [0, 0.1) is 11.6 Å². The Bertz CT molecular complexity index is 862. The fraction of sp³-hybridized carbons (Fsp3) is 0.529. The molecule has 0 bridgehead atoms. The van der Waals surface area contributed by atoms with Gasteiger partial charge < -0.3 is 19.9 Å². The number of hydrogen-bond acceptors (Lipinski definition) is 4. The molecule has 3 rings (SSSR count). The van der Waals surface area contributed by atoms with E-state index >= 15 is 0 Å². The fourth-order valence-corrected chi connectivity index (χ4v) is 2.88. The molecule has 0 aliphatic carbocycles. The van der Waals surface area contributed by atoms with Crippen LogP contribution >= 0.6 is 0 Å². The average Bonchev–Trinajstić information content (AvgIpc) is 2.91. The molecule has 1 aromatic carbocycles. The summed E-state index contributed by atoms with van der Waals surface area (Å²) in [6.45, 7) is 4.54. The van der Waals surface area contributed by atoms with Crippen molar-refractivity contribution in [3.05, 3.63) is 23.8 Å². The normalized spacial score (nSPS) is 20.0. The number of benzene rings is 1. The van der Waals surface area contributed by atoms with Gasteiger partial charge in [-0.05, 0) is 26.8 Å². The molecule has 148 valence electrons. The fourth-order valence-electron chi connectivity index (χ4n) is 2.88. The number of hydrogen-bond donors (Lipinski definition) is 2. The van der Waals surface area contributed by atoms with Crippen LogP contribution in [0.25, 0.3) is 11.0 Å². The largest absolute Gasteiger partial charge is 0.444 e. The third-order valence-electron chi connectivity index (χ3n) is 4.11. The molecule has 1 amide bonds. The van der Waals surface area contributed by atoms with Gasteiger partial charge in [-0.2, -0.15) is 0 Å². The Morgan fingerprint density at radius 2 is 2.07 bits per heavy atom. The number of rotatable bonds is 2. The summed E-state index contributed by atoms with van der Waals surface area (Å²) < 4.78 is 60.7. The highest BCUT2D eigenvalue weighted by Crippen LogP contribution is 2.31. The Hall–Kier alpha value is -2.52. The van der Waals surface area contributed by atoms with Crippen LogP contribution in [-0.2, 0) is 4.74 Å². The lowest BCUT2D eigenvalue weighted by molar-refractivity contribution is -0.0537. The van der Waals surface area contributed by atoms with Crippen molar-refractivity contribution in [2.24, 2.45) is 0 Å². The minimum absolute atomic E-state index is 0.0661. The second-order valence-electron chi connectivity index (χ2n) is 7.50. The van der Waals surface area contributed by atoms with Crippen LogP contribution in [-0.4, -0.2) is 46.7 Å². The number of nitrogens with zero attached hydrogens (tertiary/aromatic N) is 2. The van der Waals surface area contributed by atoms with Crippen LogP contribution in [0.4, 0.5) is 28.3 Å². The van der Waals surface area contributed by atoms with Crippen LogP contribution in [0.3, 0.4) is 0 Å². The van der Waals surface area contributed by atoms with Crippen molar-refractivity contribution < 1.29 is 27.1 Å². The van der Waals surface area contributed by atoms with E-state index in [0.717, 1.165) is 6.07 Å². The first kappa shape index (κ1) is 19.2. The van der Waals surface area contributed by atoms with Gasteiger partial charge in [0.1, 0.15) is 23.0 Å². The van der Waals surface area contributed by atoms with Gasteiger partial charge in [0.15, 0.2) is 5.82 Å². The number of fused-ring (bicyclic) bond motifs is 1. The summed E-state index contributed by atoms with van der Waals surface area (Å²) in [4.78, 5) is 20.1. The number of imidazole rings is 1. The second kappa shape index (κ2) is 6.58. The zero-order valence-electron chi connectivity index (χ0n) is 15.1. The monoisotopic (exact) mass is 388 g/mol. The summed E-state index contributed by atoms with van der Waals surface area (Å²) in [6.07, 6.45) is -1.49. The molecule has 2 N–H and O–H groups in total. The number of amides is 1. The van der Waals surface area contributed by atoms with Crippen molar-refractivity contribution in [2.75, 3.05) is 18.0 Å². The number of carbonyl (C=O) groups is 1. The number of carbonyl (C=O) groups excluding carboxylic acids is 1. The quantitative estimate of drug-likeness (QED) is 0.772. The van der Waals surface area contributed by atoms with Crippen LogP contribution in [0.5, 0.6) is 0 Å². The first-order chi connectivity index (χ1) is 12.4. The molecule has 0 spiro atoms. The van der Waals surface area contributed by atoms with Gasteiger partial charge in [0, 0.05) is 25.6 Å². The van der Waals surface area contributed by atoms with Gasteiger partial charge in [0.25, 0.3) is 5.92 Å². The Labute approximate surface area is 152 Å². The Balaban J connectivity index is 1.80. The zero-order valence-corrected chi connectivity index (χ0v) is 15.1. The number of ether oxygens (including phenoxy) is 1. The molecule has 0 unspecified atom stereocenters. The topological polar surface area (TPSA) is 70.2 Å². The zero-order chi connectivity index (χ0) is 20.0. The number of aromatic nitrogens is 2. The molecule has 2 heterocycles. The highest BCUT2D eigenvalue weighted by molar-refractivity contribution is 5.78. The van der Waals surface area contributed by atoms with E-state index in [1.54, 1.807) is 20.8 Å². The van der Waals surface area contributed by atoms with Crippen molar-refractivity contribution >= 4 is 23.1 Å². The Morgan fingerprint density at radius 3 is 2.74 bits per heavy atom. The van der Waals surface area contributed by atoms with Crippen molar-refractivity contribution in [2.45, 2.75) is 44.8 Å². The molecule has 1 aliphatic rings. The van der Waals surface area contributed by atoms with E-state index in [4.69, 9.17) is 4.74 Å². The molecular weight excluding hydrogens is 368 g/mol. The molecule has 1 aliphatic heterocycles. The molecule has 1 saturated heterocycles. The summed E-state index contributed by atoms with van der Waals surface area (Å²) in [7, 11) is 0. The van der Waals surface area contributed by atoms with Crippen LogP contribution in [0.15, 0.2) is 12.1 Å². The highest BCUT2D eigenvalue weighted by atomic mass is 19.3. The SMILES string of the molecule is CC(C)(C)OC(=O)N[C@@H]1CN(c2nc3c(F)cc(F)cc3[nH]2)CCC1(F)F. The smallest absolute Gasteiger partial charge is 0.408 e. The van der Waals surface area contributed by atoms with Crippen LogP contribution in [0.2, 0.25) is 0 Å². The van der Waals surface area contributed by atoms with Crippen molar-refractivity contribution in [3.8, 4) is 0 Å². The predicted octanol–water partition coefficient (Wildman–Crippen LogP) is 3.58. The first-order valence-electron chi connectivity index (χ1n) is 8.42. The molecule has 6 nitrogen and oxygen atoms in total. The molecule has 0 radical (unpaired) electrons.